The van der Waals surface area contributed by atoms with Crippen LogP contribution >= 0.6 is 0 Å². The Labute approximate surface area is 50.0 Å². The third-order valence-electron chi connectivity index (χ3n) is 0.979. The Morgan fingerprint density at radius 2 is 2.12 bits per heavy atom. The van der Waals surface area contributed by atoms with Crippen LogP contribution in [-0.4, -0.2) is 19.0 Å². The Bertz CT molecular complexity index is 128. The monoisotopic (exact) mass is 110 g/mol. The molecule has 0 aliphatic heterocycles. The number of hydrogen-bond acceptors (Lipinski definition) is 2. The quantitative estimate of drug-likeness (QED) is 0.470. The van der Waals surface area contributed by atoms with Gasteiger partial charge in [-0.25, -0.2) is 0 Å². The van der Waals surface area contributed by atoms with Crippen LogP contribution in [0.2, 0.25) is 0 Å². The predicted octanol–water partition coefficient (Wildman–Crippen LogP) is 0.975. The first-order valence-electron chi connectivity index (χ1n) is 2.42. The number of hydrogen-bond donors (Lipinski definition) is 0. The van der Waals surface area contributed by atoms with Gasteiger partial charge in [-0.3, -0.25) is 0 Å². The van der Waals surface area contributed by atoms with Crippen molar-refractivity contribution in [1.29, 1.82) is 5.26 Å². The fraction of sp³-hybridized carbons (Fsp3) is 0.500. The summed E-state index contributed by atoms with van der Waals surface area (Å²) in [6, 6.07) is 1.95. The lowest BCUT2D eigenvalue weighted by molar-refractivity contribution is 0.514. The number of nitriles is 1. The smallest absolute Gasteiger partial charge is 0.0930 e. The van der Waals surface area contributed by atoms with Gasteiger partial charge in [0.25, 0.3) is 0 Å². The second-order valence-electron chi connectivity index (χ2n) is 1.81. The summed E-state index contributed by atoms with van der Waals surface area (Å²) in [7, 11) is 3.81. The Morgan fingerprint density at radius 3 is 2.25 bits per heavy atom. The molecule has 0 N–H and O–H groups in total. The van der Waals surface area contributed by atoms with E-state index >= 15 is 0 Å². The fourth-order valence-corrected chi connectivity index (χ4v) is 0.223. The van der Waals surface area contributed by atoms with E-state index in [1.165, 1.54) is 6.08 Å². The van der Waals surface area contributed by atoms with Gasteiger partial charge < -0.3 is 4.90 Å². The molecule has 2 nitrogen and oxygen atoms in total. The molecule has 0 saturated carbocycles. The molecule has 0 unspecified atom stereocenters. The summed E-state index contributed by atoms with van der Waals surface area (Å²) in [6.45, 7) is 1.89. The molecule has 0 heterocycles. The topological polar surface area (TPSA) is 27.0 Å². The largest absolute Gasteiger partial charge is 0.381 e. The zero-order valence-electron chi connectivity index (χ0n) is 5.47. The van der Waals surface area contributed by atoms with Crippen LogP contribution in [-0.2, 0) is 0 Å². The van der Waals surface area contributed by atoms with E-state index in [2.05, 4.69) is 0 Å². The van der Waals surface area contributed by atoms with Crippen molar-refractivity contribution in [2.24, 2.45) is 0 Å². The van der Waals surface area contributed by atoms with Gasteiger partial charge in [0.1, 0.15) is 0 Å². The van der Waals surface area contributed by atoms with Gasteiger partial charge in [-0.1, -0.05) is 0 Å². The Kier molecular flexibility index (Phi) is 2.71. The van der Waals surface area contributed by atoms with Crippen molar-refractivity contribution in [1.82, 2.24) is 4.90 Å². The van der Waals surface area contributed by atoms with Gasteiger partial charge in [0.05, 0.1) is 6.07 Å². The second kappa shape index (κ2) is 3.09. The van der Waals surface area contributed by atoms with E-state index in [1.807, 2.05) is 32.0 Å². The molecular formula is C6H10N2. The number of allylic oxidation sites excluding steroid dienone is 2. The summed E-state index contributed by atoms with van der Waals surface area (Å²) >= 11 is 0. The van der Waals surface area contributed by atoms with Crippen molar-refractivity contribution in [3.05, 3.63) is 11.8 Å². The normalized spacial score (nSPS) is 10.5. The molecule has 0 rings (SSSR count). The maximum absolute atomic E-state index is 8.13. The first-order chi connectivity index (χ1) is 3.68. The molecule has 2 heteroatoms. The minimum absolute atomic E-state index is 0.979. The zero-order chi connectivity index (χ0) is 6.57. The van der Waals surface area contributed by atoms with Crippen molar-refractivity contribution in [2.45, 2.75) is 6.92 Å². The third kappa shape index (κ3) is 2.25. The summed E-state index contributed by atoms with van der Waals surface area (Å²) in [5, 5.41) is 8.13. The molecule has 0 amide bonds. The van der Waals surface area contributed by atoms with Crippen LogP contribution in [0.3, 0.4) is 0 Å². The fourth-order valence-electron chi connectivity index (χ4n) is 0.223. The van der Waals surface area contributed by atoms with E-state index in [9.17, 15) is 0 Å². The van der Waals surface area contributed by atoms with Crippen molar-refractivity contribution < 1.29 is 0 Å². The van der Waals surface area contributed by atoms with E-state index in [-0.39, 0.29) is 0 Å². The minimum Gasteiger partial charge on any atom is -0.381 e. The van der Waals surface area contributed by atoms with Crippen LogP contribution in [0.25, 0.3) is 0 Å². The van der Waals surface area contributed by atoms with Crippen molar-refractivity contribution >= 4 is 0 Å². The van der Waals surface area contributed by atoms with Crippen LogP contribution in [0.1, 0.15) is 6.92 Å². The van der Waals surface area contributed by atoms with E-state index in [0.29, 0.717) is 0 Å². The highest BCUT2D eigenvalue weighted by Gasteiger charge is 1.85. The highest BCUT2D eigenvalue weighted by atomic mass is 15.1. The SMILES string of the molecule is C/C(=C/C#N)N(C)C. The maximum Gasteiger partial charge on any atom is 0.0930 e. The average Bonchev–Trinajstić information content (AvgIpc) is 1.67. The highest BCUT2D eigenvalue weighted by molar-refractivity contribution is 5.08. The second-order valence-corrected chi connectivity index (χ2v) is 1.81. The van der Waals surface area contributed by atoms with Crippen LogP contribution in [0.15, 0.2) is 11.8 Å². The molecule has 0 saturated heterocycles. The van der Waals surface area contributed by atoms with Crippen molar-refractivity contribution in [3.8, 4) is 6.07 Å². The average molecular weight is 110 g/mol. The van der Waals surface area contributed by atoms with Crippen LogP contribution < -0.4 is 0 Å². The molecule has 44 valence electrons. The molecule has 0 radical (unpaired) electrons. The molecule has 0 aliphatic rings. The third-order valence-corrected chi connectivity index (χ3v) is 0.979. The lowest BCUT2D eigenvalue weighted by Gasteiger charge is -2.09. The first kappa shape index (κ1) is 7.03. The van der Waals surface area contributed by atoms with Crippen LogP contribution in [0.5, 0.6) is 0 Å². The summed E-state index contributed by atoms with van der Waals surface area (Å²) < 4.78 is 0. The Balaban J connectivity index is 3.85. The summed E-state index contributed by atoms with van der Waals surface area (Å²) in [5.74, 6) is 0. The molecule has 0 aromatic heterocycles. The Morgan fingerprint density at radius 1 is 1.62 bits per heavy atom. The zero-order valence-corrected chi connectivity index (χ0v) is 5.47. The highest BCUT2D eigenvalue weighted by Crippen LogP contribution is 1.92. The summed E-state index contributed by atoms with van der Waals surface area (Å²) in [4.78, 5) is 1.89. The molecule has 0 atom stereocenters. The molecule has 0 fully saturated rings. The lowest BCUT2D eigenvalue weighted by atomic mass is 10.4. The van der Waals surface area contributed by atoms with E-state index in [0.717, 1.165) is 5.70 Å². The summed E-state index contributed by atoms with van der Waals surface area (Å²) in [5.41, 5.74) is 0.979. The van der Waals surface area contributed by atoms with Gasteiger partial charge in [0.2, 0.25) is 0 Å². The summed E-state index contributed by atoms with van der Waals surface area (Å²) in [6.07, 6.45) is 1.51. The molecule has 0 spiro atoms. The van der Waals surface area contributed by atoms with Crippen LogP contribution in [0, 0.1) is 11.3 Å². The molecule has 0 bridgehead atoms. The molecule has 8 heavy (non-hydrogen) atoms. The predicted molar refractivity (Wildman–Crippen MR) is 33.1 cm³/mol. The van der Waals surface area contributed by atoms with E-state index in [1.54, 1.807) is 0 Å². The van der Waals surface area contributed by atoms with Crippen LogP contribution in [0.4, 0.5) is 0 Å². The molecular weight excluding hydrogens is 100 g/mol. The minimum atomic E-state index is 0.979. The number of nitrogens with zero attached hydrogens (tertiary/aromatic N) is 2. The van der Waals surface area contributed by atoms with E-state index < -0.39 is 0 Å². The van der Waals surface area contributed by atoms with Gasteiger partial charge >= 0.3 is 0 Å². The molecule has 0 aromatic carbocycles. The van der Waals surface area contributed by atoms with Gasteiger partial charge in [0, 0.05) is 25.9 Å². The lowest BCUT2D eigenvalue weighted by Crippen LogP contribution is -2.07. The molecule has 0 aliphatic carbocycles. The maximum atomic E-state index is 8.13. The Hall–Kier alpha value is -0.970. The number of rotatable bonds is 1. The first-order valence-corrected chi connectivity index (χ1v) is 2.42. The van der Waals surface area contributed by atoms with Gasteiger partial charge in [-0.15, -0.1) is 0 Å². The standard InChI is InChI=1S/C6H10N2/c1-6(4-5-7)8(2)3/h4H,1-3H3/b6-4-. The van der Waals surface area contributed by atoms with Crippen molar-refractivity contribution in [2.75, 3.05) is 14.1 Å². The van der Waals surface area contributed by atoms with Crippen molar-refractivity contribution in [3.63, 3.8) is 0 Å². The van der Waals surface area contributed by atoms with Gasteiger partial charge in [-0.05, 0) is 6.92 Å². The van der Waals surface area contributed by atoms with E-state index in [4.69, 9.17) is 5.26 Å². The van der Waals surface area contributed by atoms with Gasteiger partial charge in [-0.2, -0.15) is 5.26 Å². The molecule has 0 aromatic rings. The van der Waals surface area contributed by atoms with Gasteiger partial charge in [0.15, 0.2) is 0 Å².